The molecular formula is C16H36O3S. The van der Waals surface area contributed by atoms with Gasteiger partial charge in [0.15, 0.2) is 0 Å². The highest BCUT2D eigenvalue weighted by Crippen LogP contribution is 2.33. The Labute approximate surface area is 126 Å². The minimum absolute atomic E-state index is 0.557. The van der Waals surface area contributed by atoms with Crippen molar-refractivity contribution >= 4 is 9.63 Å². The second-order valence-electron chi connectivity index (χ2n) is 5.58. The van der Waals surface area contributed by atoms with Crippen molar-refractivity contribution in [3.8, 4) is 0 Å². The fraction of sp³-hybridized carbons (Fsp3) is 1.00. The fourth-order valence-corrected chi connectivity index (χ4v) is 5.41. The molecule has 124 valence electrons. The lowest BCUT2D eigenvalue weighted by molar-refractivity contribution is 0.204. The molecule has 0 radical (unpaired) electrons. The molecule has 0 bridgehead atoms. The molecule has 4 heteroatoms. The first-order valence-electron chi connectivity index (χ1n) is 8.48. The van der Waals surface area contributed by atoms with E-state index in [4.69, 9.17) is 8.37 Å². The van der Waals surface area contributed by atoms with Crippen LogP contribution < -0.4 is 0 Å². The Hall–Kier alpha value is 0.0700. The van der Waals surface area contributed by atoms with Crippen LogP contribution in [-0.2, 0) is 18.0 Å². The molecular weight excluding hydrogens is 272 g/mol. The fourth-order valence-electron chi connectivity index (χ4n) is 2.00. The Morgan fingerprint density at radius 1 is 0.650 bits per heavy atom. The summed E-state index contributed by atoms with van der Waals surface area (Å²) in [6.07, 6.45) is 7.87. The molecule has 0 aliphatic carbocycles. The van der Waals surface area contributed by atoms with E-state index in [0.717, 1.165) is 51.4 Å². The van der Waals surface area contributed by atoms with Gasteiger partial charge in [-0.25, -0.2) is 4.21 Å². The molecule has 0 saturated carbocycles. The van der Waals surface area contributed by atoms with E-state index in [1.165, 1.54) is 0 Å². The molecule has 0 amide bonds. The first kappa shape index (κ1) is 20.1. The summed E-state index contributed by atoms with van der Waals surface area (Å²) in [7, 11) is -3.37. The average molecular weight is 309 g/mol. The quantitative estimate of drug-likeness (QED) is 0.429. The van der Waals surface area contributed by atoms with Gasteiger partial charge in [-0.15, -0.1) is 0 Å². The maximum Gasteiger partial charge on any atom is 0.0873 e. The summed E-state index contributed by atoms with van der Waals surface area (Å²) in [6.45, 7) is 9.60. The third-order valence-corrected chi connectivity index (χ3v) is 7.01. The van der Waals surface area contributed by atoms with Crippen molar-refractivity contribution in [2.45, 2.75) is 79.1 Å². The lowest BCUT2D eigenvalue weighted by atomic mass is 10.4. The molecule has 0 saturated heterocycles. The van der Waals surface area contributed by atoms with Gasteiger partial charge in [0.05, 0.1) is 22.8 Å². The van der Waals surface area contributed by atoms with Gasteiger partial charge in [0.2, 0.25) is 0 Å². The molecule has 0 aromatic carbocycles. The molecule has 0 fully saturated rings. The zero-order chi connectivity index (χ0) is 15.3. The molecule has 0 unspecified atom stereocenters. The first-order chi connectivity index (χ1) is 9.54. The van der Waals surface area contributed by atoms with Crippen LogP contribution in [0.15, 0.2) is 0 Å². The molecule has 0 atom stereocenters. The van der Waals surface area contributed by atoms with Crippen molar-refractivity contribution in [1.29, 1.82) is 0 Å². The van der Waals surface area contributed by atoms with Gasteiger partial charge in [-0.05, 0) is 25.7 Å². The van der Waals surface area contributed by atoms with Crippen molar-refractivity contribution in [1.82, 2.24) is 0 Å². The Morgan fingerprint density at radius 2 is 1.00 bits per heavy atom. The summed E-state index contributed by atoms with van der Waals surface area (Å²) in [5.41, 5.74) is 0. The predicted octanol–water partition coefficient (Wildman–Crippen LogP) is 4.87. The van der Waals surface area contributed by atoms with Crippen molar-refractivity contribution in [3.05, 3.63) is 0 Å². The molecule has 0 aromatic heterocycles. The Balaban J connectivity index is 4.89. The molecule has 0 aliphatic rings. The second kappa shape index (κ2) is 10.7. The minimum Gasteiger partial charge on any atom is -0.292 e. The lowest BCUT2D eigenvalue weighted by Gasteiger charge is -2.42. The molecule has 0 aliphatic heterocycles. The van der Waals surface area contributed by atoms with Crippen LogP contribution in [0.3, 0.4) is 0 Å². The highest BCUT2D eigenvalue weighted by atomic mass is 32.3. The Bertz CT molecular complexity index is 261. The summed E-state index contributed by atoms with van der Waals surface area (Å²) in [4.78, 5) is 0. The second-order valence-corrected chi connectivity index (χ2v) is 9.10. The number of hydrogen-bond acceptors (Lipinski definition) is 3. The van der Waals surface area contributed by atoms with Crippen LogP contribution >= 0.6 is 0 Å². The van der Waals surface area contributed by atoms with Gasteiger partial charge in [0.25, 0.3) is 0 Å². The summed E-state index contributed by atoms with van der Waals surface area (Å²) < 4.78 is 25.5. The van der Waals surface area contributed by atoms with Gasteiger partial charge in [-0.1, -0.05) is 53.4 Å². The molecule has 0 aromatic rings. The number of rotatable bonds is 14. The van der Waals surface area contributed by atoms with Gasteiger partial charge in [-0.2, -0.15) is 0 Å². The lowest BCUT2D eigenvalue weighted by Crippen LogP contribution is -2.45. The molecule has 0 rings (SSSR count). The van der Waals surface area contributed by atoms with E-state index in [1.54, 1.807) is 0 Å². The highest BCUT2D eigenvalue weighted by Gasteiger charge is 2.37. The monoisotopic (exact) mass is 308 g/mol. The average Bonchev–Trinajstić information content (AvgIpc) is 2.44. The van der Waals surface area contributed by atoms with E-state index in [-0.39, 0.29) is 0 Å². The predicted molar refractivity (Wildman–Crippen MR) is 89.4 cm³/mol. The van der Waals surface area contributed by atoms with Crippen LogP contribution in [0.4, 0.5) is 0 Å². The normalized spacial score (nSPS) is 14.1. The van der Waals surface area contributed by atoms with E-state index in [9.17, 15) is 4.21 Å². The van der Waals surface area contributed by atoms with Crippen molar-refractivity contribution < 1.29 is 12.6 Å². The van der Waals surface area contributed by atoms with Gasteiger partial charge in [-0.3, -0.25) is 8.37 Å². The molecule has 0 spiro atoms. The maximum absolute atomic E-state index is 13.6. The third kappa shape index (κ3) is 7.75. The van der Waals surface area contributed by atoms with Crippen LogP contribution in [0.2, 0.25) is 0 Å². The van der Waals surface area contributed by atoms with E-state index >= 15 is 0 Å². The molecule has 0 N–H and O–H groups in total. The van der Waals surface area contributed by atoms with Crippen molar-refractivity contribution in [2.75, 3.05) is 24.7 Å². The highest BCUT2D eigenvalue weighted by molar-refractivity contribution is 8.11. The van der Waals surface area contributed by atoms with E-state index in [1.807, 2.05) is 0 Å². The summed E-state index contributed by atoms with van der Waals surface area (Å²) >= 11 is 0. The number of unbranched alkanes of at least 4 members (excludes halogenated alkanes) is 4. The van der Waals surface area contributed by atoms with E-state index in [0.29, 0.717) is 24.7 Å². The van der Waals surface area contributed by atoms with Gasteiger partial charge in [0.1, 0.15) is 0 Å². The smallest absolute Gasteiger partial charge is 0.0873 e. The van der Waals surface area contributed by atoms with Gasteiger partial charge in [0, 0.05) is 11.5 Å². The SMILES string of the molecule is CCCCOS(=O)(CCCC)(CCCC)OCCCC. The van der Waals surface area contributed by atoms with Crippen LogP contribution in [0, 0.1) is 0 Å². The summed E-state index contributed by atoms with van der Waals surface area (Å²) in [5.74, 6) is 1.14. The Kier molecular flexibility index (Phi) is 10.8. The molecule has 3 nitrogen and oxygen atoms in total. The maximum atomic E-state index is 13.6. The Morgan fingerprint density at radius 3 is 1.30 bits per heavy atom. The zero-order valence-electron chi connectivity index (χ0n) is 14.1. The van der Waals surface area contributed by atoms with E-state index in [2.05, 4.69) is 27.7 Å². The van der Waals surface area contributed by atoms with Gasteiger partial charge >= 0.3 is 0 Å². The largest absolute Gasteiger partial charge is 0.292 e. The molecule has 0 heterocycles. The standard InChI is InChI=1S/C16H36O3S/c1-5-9-13-18-20(17,15-11-7-3,16-12-8-4)19-14-10-6-2/h5-16H2,1-4H3. The minimum atomic E-state index is -3.37. The summed E-state index contributed by atoms with van der Waals surface area (Å²) in [6, 6.07) is 0. The first-order valence-corrected chi connectivity index (χ1v) is 10.6. The van der Waals surface area contributed by atoms with Crippen LogP contribution in [0.25, 0.3) is 0 Å². The van der Waals surface area contributed by atoms with Crippen LogP contribution in [0.5, 0.6) is 0 Å². The van der Waals surface area contributed by atoms with E-state index < -0.39 is 9.63 Å². The van der Waals surface area contributed by atoms with Crippen molar-refractivity contribution in [3.63, 3.8) is 0 Å². The number of hydrogen-bond donors (Lipinski definition) is 0. The summed E-state index contributed by atoms with van der Waals surface area (Å²) in [5, 5.41) is 0. The van der Waals surface area contributed by atoms with Crippen LogP contribution in [0.1, 0.15) is 79.1 Å². The van der Waals surface area contributed by atoms with Gasteiger partial charge < -0.3 is 0 Å². The third-order valence-electron chi connectivity index (χ3n) is 3.47. The van der Waals surface area contributed by atoms with Crippen LogP contribution in [-0.4, -0.2) is 28.9 Å². The van der Waals surface area contributed by atoms with Crippen molar-refractivity contribution in [2.24, 2.45) is 0 Å². The topological polar surface area (TPSA) is 35.5 Å². The zero-order valence-corrected chi connectivity index (χ0v) is 14.9. The molecule has 20 heavy (non-hydrogen) atoms.